The Hall–Kier alpha value is -0.470. The van der Waals surface area contributed by atoms with Crippen LogP contribution in [-0.2, 0) is 6.42 Å². The van der Waals surface area contributed by atoms with Gasteiger partial charge in [-0.05, 0) is 43.0 Å². The Morgan fingerprint density at radius 3 is 2.44 bits per heavy atom. The van der Waals surface area contributed by atoms with Gasteiger partial charge < -0.3 is 5.32 Å². The van der Waals surface area contributed by atoms with E-state index in [0.717, 1.165) is 0 Å². The molecule has 0 bridgehead atoms. The van der Waals surface area contributed by atoms with Crippen LogP contribution in [0.5, 0.6) is 0 Å². The van der Waals surface area contributed by atoms with Gasteiger partial charge in [-0.15, -0.1) is 0 Å². The molecule has 0 saturated carbocycles. The summed E-state index contributed by atoms with van der Waals surface area (Å²) < 4.78 is 0. The van der Waals surface area contributed by atoms with Crippen LogP contribution in [0.4, 0.5) is 0 Å². The van der Waals surface area contributed by atoms with Gasteiger partial charge in [-0.1, -0.05) is 37.6 Å². The molecule has 0 heterocycles. The molecule has 0 aromatic heterocycles. The quantitative estimate of drug-likeness (QED) is 0.777. The third kappa shape index (κ3) is 4.18. The summed E-state index contributed by atoms with van der Waals surface area (Å²) >= 11 is 1.91. The van der Waals surface area contributed by atoms with Gasteiger partial charge in [0.1, 0.15) is 0 Å². The summed E-state index contributed by atoms with van der Waals surface area (Å²) in [6, 6.07) is 9.58. The van der Waals surface area contributed by atoms with Crippen LogP contribution < -0.4 is 5.32 Å². The molecule has 0 aliphatic heterocycles. The first kappa shape index (κ1) is 13.6. The monoisotopic (exact) mass is 237 g/mol. The zero-order chi connectivity index (χ0) is 11.8. The van der Waals surface area contributed by atoms with E-state index in [1.807, 2.05) is 18.8 Å². The average molecular weight is 237 g/mol. The topological polar surface area (TPSA) is 12.0 Å². The van der Waals surface area contributed by atoms with Gasteiger partial charge >= 0.3 is 0 Å². The zero-order valence-corrected chi connectivity index (χ0v) is 11.4. The highest BCUT2D eigenvalue weighted by Crippen LogP contribution is 2.19. The Morgan fingerprint density at radius 2 is 1.94 bits per heavy atom. The molecule has 0 aliphatic carbocycles. The van der Waals surface area contributed by atoms with Crippen LogP contribution in [-0.4, -0.2) is 19.1 Å². The highest BCUT2D eigenvalue weighted by molar-refractivity contribution is 7.98. The van der Waals surface area contributed by atoms with E-state index < -0.39 is 0 Å². The van der Waals surface area contributed by atoms with Crippen LogP contribution in [0.1, 0.15) is 36.9 Å². The lowest BCUT2D eigenvalue weighted by molar-refractivity contribution is 0.581. The number of aryl methyl sites for hydroxylation is 1. The lowest BCUT2D eigenvalue weighted by Gasteiger charge is -2.16. The lowest BCUT2D eigenvalue weighted by atomic mass is 10.0. The molecule has 2 heteroatoms. The number of hydrogen-bond donors (Lipinski definition) is 1. The van der Waals surface area contributed by atoms with Crippen LogP contribution in [0.2, 0.25) is 0 Å². The first-order valence-corrected chi connectivity index (χ1v) is 7.46. The largest absolute Gasteiger partial charge is 0.313 e. The van der Waals surface area contributed by atoms with Gasteiger partial charge in [0.25, 0.3) is 0 Å². The standard InChI is InChI=1S/C14H23NS/c1-4-5-12-6-8-13(9-7-12)14(15-2)10-11-16-3/h6-9,14-15H,4-5,10-11H2,1-3H3. The molecule has 1 N–H and O–H groups in total. The molecule has 0 aliphatic rings. The maximum atomic E-state index is 3.39. The third-order valence-electron chi connectivity index (χ3n) is 2.88. The Balaban J connectivity index is 2.62. The van der Waals surface area contributed by atoms with Gasteiger partial charge in [0, 0.05) is 6.04 Å². The molecule has 1 aromatic carbocycles. The fourth-order valence-electron chi connectivity index (χ4n) is 1.92. The van der Waals surface area contributed by atoms with Crippen molar-refractivity contribution in [3.63, 3.8) is 0 Å². The highest BCUT2D eigenvalue weighted by Gasteiger charge is 2.07. The van der Waals surface area contributed by atoms with Crippen molar-refractivity contribution in [2.24, 2.45) is 0 Å². The Kier molecular flexibility index (Phi) is 6.58. The summed E-state index contributed by atoms with van der Waals surface area (Å²) in [5.41, 5.74) is 2.86. The summed E-state index contributed by atoms with van der Waals surface area (Å²) in [6.45, 7) is 2.22. The molecule has 1 rings (SSSR count). The molecule has 0 amide bonds. The summed E-state index contributed by atoms with van der Waals surface area (Å²) in [5, 5.41) is 3.39. The van der Waals surface area contributed by atoms with Crippen molar-refractivity contribution in [1.29, 1.82) is 0 Å². The van der Waals surface area contributed by atoms with E-state index in [1.54, 1.807) is 0 Å². The van der Waals surface area contributed by atoms with E-state index >= 15 is 0 Å². The molecule has 1 atom stereocenters. The minimum atomic E-state index is 0.503. The van der Waals surface area contributed by atoms with Crippen molar-refractivity contribution < 1.29 is 0 Å². The fourth-order valence-corrected chi connectivity index (χ4v) is 2.39. The summed E-state index contributed by atoms with van der Waals surface area (Å²) in [4.78, 5) is 0. The first-order chi connectivity index (χ1) is 7.81. The fraction of sp³-hybridized carbons (Fsp3) is 0.571. The predicted octanol–water partition coefficient (Wildman–Crippen LogP) is 3.65. The molecule has 1 nitrogen and oxygen atoms in total. The zero-order valence-electron chi connectivity index (χ0n) is 10.6. The number of thioether (sulfide) groups is 1. The van der Waals surface area contributed by atoms with Gasteiger partial charge in [-0.2, -0.15) is 11.8 Å². The predicted molar refractivity (Wildman–Crippen MR) is 75.2 cm³/mol. The number of benzene rings is 1. The van der Waals surface area contributed by atoms with Crippen molar-refractivity contribution in [3.8, 4) is 0 Å². The molecule has 0 fully saturated rings. The van der Waals surface area contributed by atoms with Crippen molar-refractivity contribution >= 4 is 11.8 Å². The molecule has 0 saturated heterocycles. The molecule has 16 heavy (non-hydrogen) atoms. The van der Waals surface area contributed by atoms with Crippen molar-refractivity contribution in [2.45, 2.75) is 32.2 Å². The van der Waals surface area contributed by atoms with Crippen LogP contribution in [0.3, 0.4) is 0 Å². The molecule has 0 spiro atoms. The normalized spacial score (nSPS) is 12.7. The minimum Gasteiger partial charge on any atom is -0.313 e. The van der Waals surface area contributed by atoms with E-state index in [9.17, 15) is 0 Å². The highest BCUT2D eigenvalue weighted by atomic mass is 32.2. The van der Waals surface area contributed by atoms with E-state index in [4.69, 9.17) is 0 Å². The summed E-state index contributed by atoms with van der Waals surface area (Å²) in [7, 11) is 2.05. The number of nitrogens with one attached hydrogen (secondary N) is 1. The SMILES string of the molecule is CCCc1ccc(C(CCSC)NC)cc1. The molecule has 0 radical (unpaired) electrons. The van der Waals surface area contributed by atoms with Gasteiger partial charge in [0.05, 0.1) is 0 Å². The average Bonchev–Trinajstić information content (AvgIpc) is 2.32. The van der Waals surface area contributed by atoms with Crippen LogP contribution >= 0.6 is 11.8 Å². The minimum absolute atomic E-state index is 0.503. The second-order valence-corrected chi connectivity index (χ2v) is 5.10. The Bertz CT molecular complexity index is 281. The smallest absolute Gasteiger partial charge is 0.0325 e. The maximum Gasteiger partial charge on any atom is 0.0325 e. The van der Waals surface area contributed by atoms with Crippen molar-refractivity contribution in [3.05, 3.63) is 35.4 Å². The van der Waals surface area contributed by atoms with Crippen molar-refractivity contribution in [2.75, 3.05) is 19.1 Å². The first-order valence-electron chi connectivity index (χ1n) is 6.06. The van der Waals surface area contributed by atoms with Crippen molar-refractivity contribution in [1.82, 2.24) is 5.32 Å². The van der Waals surface area contributed by atoms with E-state index in [0.29, 0.717) is 6.04 Å². The van der Waals surface area contributed by atoms with Gasteiger partial charge in [0.2, 0.25) is 0 Å². The third-order valence-corrected chi connectivity index (χ3v) is 3.52. The Labute approximate surface area is 104 Å². The second-order valence-electron chi connectivity index (χ2n) is 4.11. The summed E-state index contributed by atoms with van der Waals surface area (Å²) in [5.74, 6) is 1.21. The van der Waals surface area contributed by atoms with Gasteiger partial charge in [-0.25, -0.2) is 0 Å². The molecule has 1 unspecified atom stereocenters. The van der Waals surface area contributed by atoms with Gasteiger partial charge in [-0.3, -0.25) is 0 Å². The molecular formula is C14H23NS. The lowest BCUT2D eigenvalue weighted by Crippen LogP contribution is -2.17. The van der Waals surface area contributed by atoms with E-state index in [2.05, 4.69) is 42.8 Å². The van der Waals surface area contributed by atoms with E-state index in [-0.39, 0.29) is 0 Å². The molecule has 1 aromatic rings. The number of rotatable bonds is 7. The number of hydrogen-bond acceptors (Lipinski definition) is 2. The molecular weight excluding hydrogens is 214 g/mol. The maximum absolute atomic E-state index is 3.39. The van der Waals surface area contributed by atoms with E-state index in [1.165, 1.54) is 36.1 Å². The van der Waals surface area contributed by atoms with Gasteiger partial charge in [0.15, 0.2) is 0 Å². The molecule has 90 valence electrons. The summed E-state index contributed by atoms with van der Waals surface area (Å²) in [6.07, 6.45) is 5.78. The Morgan fingerprint density at radius 1 is 1.25 bits per heavy atom. The second kappa shape index (κ2) is 7.75. The van der Waals surface area contributed by atoms with Crippen LogP contribution in [0.25, 0.3) is 0 Å². The van der Waals surface area contributed by atoms with Crippen LogP contribution in [0.15, 0.2) is 24.3 Å². The van der Waals surface area contributed by atoms with Crippen LogP contribution in [0, 0.1) is 0 Å².